The van der Waals surface area contributed by atoms with Gasteiger partial charge in [-0.15, -0.1) is 0 Å². The van der Waals surface area contributed by atoms with Crippen LogP contribution in [0.4, 0.5) is 0 Å². The Balaban J connectivity index is 3.74. The Hall–Kier alpha value is -2.17. The molecule has 0 saturated carbocycles. The molecular formula is C42H73NO3. The second-order valence-electron chi connectivity index (χ2n) is 12.6. The Morgan fingerprint density at radius 2 is 0.978 bits per heavy atom. The van der Waals surface area contributed by atoms with Crippen molar-refractivity contribution >= 4 is 5.91 Å². The van der Waals surface area contributed by atoms with E-state index in [1.807, 2.05) is 12.2 Å². The highest BCUT2D eigenvalue weighted by Gasteiger charge is 2.17. The Kier molecular flexibility index (Phi) is 35.5. The van der Waals surface area contributed by atoms with Crippen LogP contribution in [0.5, 0.6) is 0 Å². The number of hydrogen-bond donors (Lipinski definition) is 3. The lowest BCUT2D eigenvalue weighted by Crippen LogP contribution is -2.45. The molecule has 0 fully saturated rings. The van der Waals surface area contributed by atoms with E-state index in [1.165, 1.54) is 96.3 Å². The largest absolute Gasteiger partial charge is 0.394 e. The molecule has 0 aliphatic rings. The van der Waals surface area contributed by atoms with E-state index in [9.17, 15) is 15.0 Å². The summed E-state index contributed by atoms with van der Waals surface area (Å²) >= 11 is 0. The van der Waals surface area contributed by atoms with Gasteiger partial charge in [0.15, 0.2) is 0 Å². The minimum Gasteiger partial charge on any atom is -0.394 e. The van der Waals surface area contributed by atoms with Gasteiger partial charge in [-0.1, -0.05) is 177 Å². The van der Waals surface area contributed by atoms with Gasteiger partial charge in [-0.2, -0.15) is 0 Å². The van der Waals surface area contributed by atoms with Crippen molar-refractivity contribution in [2.75, 3.05) is 6.61 Å². The first kappa shape index (κ1) is 43.8. The molecule has 0 aromatic carbocycles. The van der Waals surface area contributed by atoms with Gasteiger partial charge in [0.25, 0.3) is 0 Å². The lowest BCUT2D eigenvalue weighted by atomic mass is 10.0. The molecule has 2 unspecified atom stereocenters. The molecule has 0 radical (unpaired) electrons. The molecule has 4 heteroatoms. The number of unbranched alkanes of at least 4 members (excludes halogenated alkanes) is 16. The van der Waals surface area contributed by atoms with Crippen LogP contribution in [0.15, 0.2) is 72.9 Å². The Morgan fingerprint density at radius 1 is 0.543 bits per heavy atom. The molecule has 4 nitrogen and oxygen atoms in total. The minimum atomic E-state index is -0.893. The second kappa shape index (κ2) is 37.3. The number of allylic oxidation sites excluding steroid dienone is 11. The van der Waals surface area contributed by atoms with Crippen molar-refractivity contribution in [3.05, 3.63) is 72.9 Å². The van der Waals surface area contributed by atoms with Crippen molar-refractivity contribution in [1.29, 1.82) is 0 Å². The topological polar surface area (TPSA) is 69.6 Å². The zero-order chi connectivity index (χ0) is 33.6. The van der Waals surface area contributed by atoms with Crippen molar-refractivity contribution < 1.29 is 15.0 Å². The highest BCUT2D eigenvalue weighted by Crippen LogP contribution is 2.14. The summed E-state index contributed by atoms with van der Waals surface area (Å²) in [6.45, 7) is 4.13. The Bertz CT molecular complexity index is 823. The van der Waals surface area contributed by atoms with E-state index in [2.05, 4.69) is 73.8 Å². The fraction of sp³-hybridized carbons (Fsp3) is 0.690. The first-order valence-electron chi connectivity index (χ1n) is 19.2. The number of nitrogens with one attached hydrogen (secondary N) is 1. The highest BCUT2D eigenvalue weighted by molar-refractivity contribution is 5.76. The molecule has 264 valence electrons. The van der Waals surface area contributed by atoms with Crippen LogP contribution in [-0.2, 0) is 4.79 Å². The summed E-state index contributed by atoms with van der Waals surface area (Å²) in [6.07, 6.45) is 53.0. The van der Waals surface area contributed by atoms with E-state index in [1.54, 1.807) is 6.08 Å². The summed E-state index contributed by atoms with van der Waals surface area (Å²) < 4.78 is 0. The van der Waals surface area contributed by atoms with E-state index < -0.39 is 12.1 Å². The second-order valence-corrected chi connectivity index (χ2v) is 12.6. The third kappa shape index (κ3) is 33.2. The van der Waals surface area contributed by atoms with Crippen LogP contribution >= 0.6 is 0 Å². The minimum absolute atomic E-state index is 0.157. The standard InChI is InChI=1S/C42H73NO3/c1-3-5-7-9-11-13-15-17-18-19-20-21-22-23-24-26-27-29-31-33-35-37-41(45)40(39-44)43-42(46)38-36-34-32-30-28-25-16-14-12-10-8-6-4-2/h6,8,12,14,25,27-29,32,34-35,37,40-41,44-45H,3-5,7,9-11,13,15-24,26,30-31,33,36,38-39H2,1-2H3,(H,43,46)/b8-6-,14-12-,28-25-,29-27+,34-32-,37-35+. The fourth-order valence-corrected chi connectivity index (χ4v) is 5.26. The van der Waals surface area contributed by atoms with Gasteiger partial charge >= 0.3 is 0 Å². The number of rotatable bonds is 33. The summed E-state index contributed by atoms with van der Waals surface area (Å²) in [5.41, 5.74) is 0. The average Bonchev–Trinajstić information content (AvgIpc) is 3.06. The Morgan fingerprint density at radius 3 is 1.50 bits per heavy atom. The van der Waals surface area contributed by atoms with E-state index in [-0.39, 0.29) is 12.5 Å². The van der Waals surface area contributed by atoms with Gasteiger partial charge in [0.1, 0.15) is 0 Å². The maximum absolute atomic E-state index is 12.3. The van der Waals surface area contributed by atoms with Gasteiger partial charge in [0, 0.05) is 6.42 Å². The van der Waals surface area contributed by atoms with E-state index in [4.69, 9.17) is 0 Å². The van der Waals surface area contributed by atoms with Crippen LogP contribution in [0.25, 0.3) is 0 Å². The summed E-state index contributed by atoms with van der Waals surface area (Å²) in [5.74, 6) is -0.157. The zero-order valence-electron chi connectivity index (χ0n) is 30.1. The summed E-state index contributed by atoms with van der Waals surface area (Å²) in [7, 11) is 0. The average molecular weight is 640 g/mol. The van der Waals surface area contributed by atoms with E-state index >= 15 is 0 Å². The maximum atomic E-state index is 12.3. The number of amides is 1. The maximum Gasteiger partial charge on any atom is 0.220 e. The number of aliphatic hydroxyl groups is 2. The molecule has 0 aromatic heterocycles. The third-order valence-corrected chi connectivity index (χ3v) is 8.19. The third-order valence-electron chi connectivity index (χ3n) is 8.19. The molecule has 0 heterocycles. The first-order valence-corrected chi connectivity index (χ1v) is 19.2. The van der Waals surface area contributed by atoms with Crippen LogP contribution in [-0.4, -0.2) is 34.9 Å². The van der Waals surface area contributed by atoms with Crippen LogP contribution in [0.2, 0.25) is 0 Å². The van der Waals surface area contributed by atoms with Gasteiger partial charge in [-0.3, -0.25) is 4.79 Å². The van der Waals surface area contributed by atoms with E-state index in [0.717, 1.165) is 44.9 Å². The molecule has 0 rings (SSSR count). The molecular weight excluding hydrogens is 566 g/mol. The first-order chi connectivity index (χ1) is 22.7. The molecule has 2 atom stereocenters. The zero-order valence-corrected chi connectivity index (χ0v) is 30.1. The molecule has 1 amide bonds. The molecule has 0 saturated heterocycles. The van der Waals surface area contributed by atoms with Crippen molar-refractivity contribution in [2.24, 2.45) is 0 Å². The fourth-order valence-electron chi connectivity index (χ4n) is 5.26. The van der Waals surface area contributed by atoms with Crippen molar-refractivity contribution in [3.8, 4) is 0 Å². The monoisotopic (exact) mass is 640 g/mol. The van der Waals surface area contributed by atoms with Gasteiger partial charge in [-0.05, 0) is 57.8 Å². The Labute approximate surface area is 285 Å². The van der Waals surface area contributed by atoms with Gasteiger partial charge in [0.05, 0.1) is 18.8 Å². The molecule has 0 spiro atoms. The van der Waals surface area contributed by atoms with E-state index in [0.29, 0.717) is 12.8 Å². The summed E-state index contributed by atoms with van der Waals surface area (Å²) in [4.78, 5) is 12.3. The van der Waals surface area contributed by atoms with Gasteiger partial charge in [-0.25, -0.2) is 0 Å². The smallest absolute Gasteiger partial charge is 0.220 e. The molecule has 46 heavy (non-hydrogen) atoms. The van der Waals surface area contributed by atoms with Crippen molar-refractivity contribution in [1.82, 2.24) is 5.32 Å². The predicted octanol–water partition coefficient (Wildman–Crippen LogP) is 11.6. The van der Waals surface area contributed by atoms with Gasteiger partial charge < -0.3 is 15.5 Å². The molecule has 3 N–H and O–H groups in total. The molecule has 0 bridgehead atoms. The molecule has 0 aliphatic heterocycles. The number of aliphatic hydroxyl groups excluding tert-OH is 2. The number of hydrogen-bond acceptors (Lipinski definition) is 3. The number of carbonyl (C=O) groups excluding carboxylic acids is 1. The quantitative estimate of drug-likeness (QED) is 0.0494. The number of carbonyl (C=O) groups is 1. The van der Waals surface area contributed by atoms with Crippen molar-refractivity contribution in [2.45, 2.75) is 180 Å². The SMILES string of the molecule is CC/C=C\C/C=C\C/C=C\C/C=C\CCC(=O)NC(CO)C(O)/C=C/CC/C=C/CCCCCCCCCCCCCCCCC. The summed E-state index contributed by atoms with van der Waals surface area (Å²) in [5, 5.41) is 22.8. The predicted molar refractivity (Wildman–Crippen MR) is 202 cm³/mol. The summed E-state index contributed by atoms with van der Waals surface area (Å²) in [6, 6.07) is -0.679. The molecule has 0 aromatic rings. The lowest BCUT2D eigenvalue weighted by molar-refractivity contribution is -0.122. The van der Waals surface area contributed by atoms with Crippen molar-refractivity contribution in [3.63, 3.8) is 0 Å². The lowest BCUT2D eigenvalue weighted by Gasteiger charge is -2.19. The highest BCUT2D eigenvalue weighted by atomic mass is 16.3. The van der Waals surface area contributed by atoms with Gasteiger partial charge in [0.2, 0.25) is 5.91 Å². The van der Waals surface area contributed by atoms with Crippen LogP contribution < -0.4 is 5.32 Å². The van der Waals surface area contributed by atoms with Crippen LogP contribution in [0, 0.1) is 0 Å². The van der Waals surface area contributed by atoms with Crippen LogP contribution in [0.3, 0.4) is 0 Å². The normalized spacial score (nSPS) is 13.9. The molecule has 0 aliphatic carbocycles. The van der Waals surface area contributed by atoms with Crippen LogP contribution in [0.1, 0.15) is 168 Å².